The molecule has 0 amide bonds. The molecular formula is C16H16ClN3O. The van der Waals surface area contributed by atoms with E-state index in [0.717, 1.165) is 27.4 Å². The number of halogens is 1. The average molecular weight is 302 g/mol. The molecule has 4 nitrogen and oxygen atoms in total. The molecule has 3 aromatic rings. The smallest absolute Gasteiger partial charge is 0.201 e. The van der Waals surface area contributed by atoms with Gasteiger partial charge in [0, 0.05) is 5.02 Å². The van der Waals surface area contributed by atoms with E-state index in [0.29, 0.717) is 19.1 Å². The molecule has 0 saturated heterocycles. The summed E-state index contributed by atoms with van der Waals surface area (Å²) in [6, 6.07) is 13.6. The summed E-state index contributed by atoms with van der Waals surface area (Å²) < 4.78 is 7.58. The summed E-state index contributed by atoms with van der Waals surface area (Å²) in [7, 11) is 0. The largest absolute Gasteiger partial charge is 0.492 e. The third kappa shape index (κ3) is 2.67. The molecule has 0 aliphatic heterocycles. The first kappa shape index (κ1) is 13.8. The van der Waals surface area contributed by atoms with E-state index in [1.165, 1.54) is 0 Å². The molecule has 2 aromatic carbocycles. The number of para-hydroxylation sites is 1. The van der Waals surface area contributed by atoms with Crippen molar-refractivity contribution in [3.8, 4) is 5.75 Å². The topological polar surface area (TPSA) is 53.1 Å². The van der Waals surface area contributed by atoms with Crippen LogP contribution < -0.4 is 10.5 Å². The van der Waals surface area contributed by atoms with Crippen LogP contribution in [-0.4, -0.2) is 16.2 Å². The van der Waals surface area contributed by atoms with E-state index in [9.17, 15) is 0 Å². The molecule has 21 heavy (non-hydrogen) atoms. The summed E-state index contributed by atoms with van der Waals surface area (Å²) in [5, 5.41) is 0.723. The average Bonchev–Trinajstić information content (AvgIpc) is 2.79. The minimum Gasteiger partial charge on any atom is -0.492 e. The summed E-state index contributed by atoms with van der Waals surface area (Å²) in [6.45, 7) is 3.20. The first-order chi connectivity index (χ1) is 10.2. The number of aromatic nitrogens is 2. The van der Waals surface area contributed by atoms with Gasteiger partial charge in [0.2, 0.25) is 5.95 Å². The highest BCUT2D eigenvalue weighted by molar-refractivity contribution is 6.30. The molecule has 108 valence electrons. The van der Waals surface area contributed by atoms with Crippen molar-refractivity contribution in [3.05, 3.63) is 53.1 Å². The quantitative estimate of drug-likeness (QED) is 0.799. The van der Waals surface area contributed by atoms with Crippen LogP contribution in [-0.2, 0) is 6.54 Å². The van der Waals surface area contributed by atoms with Crippen LogP contribution in [0.1, 0.15) is 12.5 Å². The first-order valence-electron chi connectivity index (χ1n) is 6.81. The second-order valence-electron chi connectivity index (χ2n) is 4.74. The Balaban J connectivity index is 2.04. The number of hydrogen-bond donors (Lipinski definition) is 1. The molecule has 2 N–H and O–H groups in total. The van der Waals surface area contributed by atoms with Gasteiger partial charge in [0.25, 0.3) is 0 Å². The zero-order valence-corrected chi connectivity index (χ0v) is 12.5. The van der Waals surface area contributed by atoms with Crippen molar-refractivity contribution in [2.75, 3.05) is 12.3 Å². The maximum absolute atomic E-state index is 6.07. The highest BCUT2D eigenvalue weighted by Gasteiger charge is 2.12. The predicted molar refractivity (Wildman–Crippen MR) is 85.9 cm³/mol. The van der Waals surface area contributed by atoms with Crippen LogP contribution in [0.25, 0.3) is 11.0 Å². The zero-order valence-electron chi connectivity index (χ0n) is 11.7. The lowest BCUT2D eigenvalue weighted by molar-refractivity contribution is 0.343. The van der Waals surface area contributed by atoms with Gasteiger partial charge < -0.3 is 15.0 Å². The second kappa shape index (κ2) is 5.66. The Labute approximate surface area is 128 Å². The first-order valence-corrected chi connectivity index (χ1v) is 7.19. The number of nitrogen functional groups attached to an aromatic ring is 1. The summed E-state index contributed by atoms with van der Waals surface area (Å²) >= 11 is 5.92. The van der Waals surface area contributed by atoms with Crippen molar-refractivity contribution in [3.63, 3.8) is 0 Å². The highest BCUT2D eigenvalue weighted by atomic mass is 35.5. The van der Waals surface area contributed by atoms with Gasteiger partial charge in [0.1, 0.15) is 11.3 Å². The molecule has 0 radical (unpaired) electrons. The minimum absolute atomic E-state index is 0.479. The third-order valence-electron chi connectivity index (χ3n) is 3.33. The molecule has 0 atom stereocenters. The van der Waals surface area contributed by atoms with Gasteiger partial charge in [-0.15, -0.1) is 0 Å². The van der Waals surface area contributed by atoms with E-state index in [1.807, 2.05) is 54.0 Å². The van der Waals surface area contributed by atoms with E-state index < -0.39 is 0 Å². The molecule has 3 rings (SSSR count). The summed E-state index contributed by atoms with van der Waals surface area (Å²) in [5.74, 6) is 1.24. The monoisotopic (exact) mass is 301 g/mol. The number of nitrogens with two attached hydrogens (primary N) is 1. The van der Waals surface area contributed by atoms with Crippen molar-refractivity contribution < 1.29 is 4.74 Å². The van der Waals surface area contributed by atoms with E-state index >= 15 is 0 Å². The number of ether oxygens (including phenoxy) is 1. The van der Waals surface area contributed by atoms with Crippen molar-refractivity contribution in [2.45, 2.75) is 13.5 Å². The van der Waals surface area contributed by atoms with Gasteiger partial charge >= 0.3 is 0 Å². The van der Waals surface area contributed by atoms with E-state index in [4.69, 9.17) is 22.1 Å². The minimum atomic E-state index is 0.479. The molecule has 1 aromatic heterocycles. The highest BCUT2D eigenvalue weighted by Crippen LogP contribution is 2.27. The van der Waals surface area contributed by atoms with Crippen molar-refractivity contribution >= 4 is 28.6 Å². The number of hydrogen-bond acceptors (Lipinski definition) is 3. The van der Waals surface area contributed by atoms with Gasteiger partial charge in [0.05, 0.1) is 18.7 Å². The molecule has 0 spiro atoms. The summed E-state index contributed by atoms with van der Waals surface area (Å²) in [6.07, 6.45) is 0. The Hall–Kier alpha value is -2.20. The van der Waals surface area contributed by atoms with Crippen LogP contribution in [0.5, 0.6) is 5.75 Å². The molecule has 1 heterocycles. The Morgan fingerprint density at radius 2 is 1.95 bits per heavy atom. The van der Waals surface area contributed by atoms with Gasteiger partial charge in [-0.25, -0.2) is 4.98 Å². The lowest BCUT2D eigenvalue weighted by atomic mass is 10.2. The van der Waals surface area contributed by atoms with Crippen LogP contribution in [0.15, 0.2) is 42.5 Å². The number of fused-ring (bicyclic) bond motifs is 1. The summed E-state index contributed by atoms with van der Waals surface area (Å²) in [5.41, 5.74) is 8.95. The standard InChI is InChI=1S/C16H16ClN3O/c1-2-21-14-5-3-4-13-15(14)19-16(18)20(13)10-11-6-8-12(17)9-7-11/h3-9H,2,10H2,1H3,(H2,18,19). The van der Waals surface area contributed by atoms with Gasteiger partial charge in [-0.2, -0.15) is 0 Å². The third-order valence-corrected chi connectivity index (χ3v) is 3.58. The van der Waals surface area contributed by atoms with Crippen LogP contribution in [0, 0.1) is 0 Å². The normalized spacial score (nSPS) is 11.0. The van der Waals surface area contributed by atoms with Crippen LogP contribution in [0.2, 0.25) is 5.02 Å². The Bertz CT molecular complexity index is 765. The predicted octanol–water partition coefficient (Wildman–Crippen LogP) is 3.72. The number of anilines is 1. The lowest BCUT2D eigenvalue weighted by Gasteiger charge is -2.07. The molecule has 0 saturated carbocycles. The number of rotatable bonds is 4. The van der Waals surface area contributed by atoms with Gasteiger partial charge in [-0.3, -0.25) is 0 Å². The van der Waals surface area contributed by atoms with E-state index in [1.54, 1.807) is 0 Å². The van der Waals surface area contributed by atoms with Crippen LogP contribution in [0.4, 0.5) is 5.95 Å². The zero-order chi connectivity index (χ0) is 14.8. The fraction of sp³-hybridized carbons (Fsp3) is 0.188. The SMILES string of the molecule is CCOc1cccc2c1nc(N)n2Cc1ccc(Cl)cc1. The van der Waals surface area contributed by atoms with Gasteiger partial charge in [-0.1, -0.05) is 29.8 Å². The van der Waals surface area contributed by atoms with Gasteiger partial charge in [-0.05, 0) is 36.8 Å². The molecule has 0 bridgehead atoms. The second-order valence-corrected chi connectivity index (χ2v) is 5.18. The number of imidazole rings is 1. The molecule has 0 aliphatic carbocycles. The summed E-state index contributed by atoms with van der Waals surface area (Å²) in [4.78, 5) is 4.44. The Morgan fingerprint density at radius 3 is 2.67 bits per heavy atom. The Kier molecular flexibility index (Phi) is 3.71. The van der Waals surface area contributed by atoms with E-state index in [-0.39, 0.29) is 0 Å². The lowest BCUT2D eigenvalue weighted by Crippen LogP contribution is -2.04. The fourth-order valence-corrected chi connectivity index (χ4v) is 2.48. The fourth-order valence-electron chi connectivity index (χ4n) is 2.35. The molecule has 5 heteroatoms. The molecule has 0 fully saturated rings. The molecular weight excluding hydrogens is 286 g/mol. The van der Waals surface area contributed by atoms with E-state index in [2.05, 4.69) is 4.98 Å². The number of nitrogens with zero attached hydrogens (tertiary/aromatic N) is 2. The maximum Gasteiger partial charge on any atom is 0.201 e. The maximum atomic E-state index is 6.07. The van der Waals surface area contributed by atoms with Gasteiger partial charge in [0.15, 0.2) is 0 Å². The van der Waals surface area contributed by atoms with Crippen molar-refractivity contribution in [1.82, 2.24) is 9.55 Å². The number of benzene rings is 2. The Morgan fingerprint density at radius 1 is 1.19 bits per heavy atom. The van der Waals surface area contributed by atoms with Crippen LogP contribution in [0.3, 0.4) is 0 Å². The van der Waals surface area contributed by atoms with Crippen molar-refractivity contribution in [2.24, 2.45) is 0 Å². The van der Waals surface area contributed by atoms with Crippen LogP contribution >= 0.6 is 11.6 Å². The molecule has 0 aliphatic rings. The van der Waals surface area contributed by atoms with Crippen molar-refractivity contribution in [1.29, 1.82) is 0 Å². The molecule has 0 unspecified atom stereocenters.